The number of likely N-dealkylation sites (tertiary alicyclic amines) is 1. The number of hydrogen-bond donors (Lipinski definition) is 1. The zero-order valence-electron chi connectivity index (χ0n) is 17.3. The Bertz CT molecular complexity index is 916. The van der Waals surface area contributed by atoms with E-state index in [1.165, 1.54) is 24.7 Å². The maximum absolute atomic E-state index is 12.4. The van der Waals surface area contributed by atoms with Crippen LogP contribution in [0.15, 0.2) is 53.6 Å². The minimum atomic E-state index is -0.237. The Labute approximate surface area is 176 Å². The molecule has 1 fully saturated rings. The topological polar surface area (TPSA) is 89.1 Å². The van der Waals surface area contributed by atoms with Gasteiger partial charge in [-0.2, -0.15) is 5.10 Å². The van der Waals surface area contributed by atoms with Crippen LogP contribution in [0.25, 0.3) is 0 Å². The first kappa shape index (κ1) is 20.3. The molecule has 1 unspecified atom stereocenters. The lowest BCUT2D eigenvalue weighted by molar-refractivity contribution is 0.0926. The Morgan fingerprint density at radius 1 is 1.27 bits per heavy atom. The molecule has 1 N–H and O–H groups in total. The van der Waals surface area contributed by atoms with E-state index in [4.69, 9.17) is 4.52 Å². The molecule has 2 aromatic heterocycles. The van der Waals surface area contributed by atoms with Crippen LogP contribution in [-0.2, 0) is 19.5 Å². The van der Waals surface area contributed by atoms with Gasteiger partial charge in [0, 0.05) is 12.1 Å². The molecule has 3 heterocycles. The van der Waals surface area contributed by atoms with Crippen LogP contribution in [0.5, 0.6) is 0 Å². The summed E-state index contributed by atoms with van der Waals surface area (Å²) in [6, 6.07) is 12.3. The number of carbonyl (C=O) groups excluding carboxylic acids is 1. The van der Waals surface area contributed by atoms with Crippen molar-refractivity contribution in [2.24, 2.45) is 5.92 Å². The van der Waals surface area contributed by atoms with Crippen LogP contribution in [0, 0.1) is 5.92 Å². The van der Waals surface area contributed by atoms with Crippen molar-refractivity contribution in [3.05, 3.63) is 66.1 Å². The van der Waals surface area contributed by atoms with Crippen molar-refractivity contribution in [1.29, 1.82) is 0 Å². The molecule has 3 aromatic rings. The van der Waals surface area contributed by atoms with E-state index < -0.39 is 0 Å². The summed E-state index contributed by atoms with van der Waals surface area (Å²) >= 11 is 0. The summed E-state index contributed by atoms with van der Waals surface area (Å²) < 4.78 is 7.10. The number of carbonyl (C=O) groups is 1. The average molecular weight is 409 g/mol. The average Bonchev–Trinajstić information content (AvgIpc) is 3.42. The molecular weight excluding hydrogens is 380 g/mol. The largest absolute Gasteiger partial charge is 0.359 e. The molecule has 8 nitrogen and oxygen atoms in total. The highest BCUT2D eigenvalue weighted by Crippen LogP contribution is 2.23. The Balaban J connectivity index is 1.22. The van der Waals surface area contributed by atoms with Gasteiger partial charge >= 0.3 is 0 Å². The molecule has 1 atom stereocenters. The van der Waals surface area contributed by atoms with E-state index in [0.717, 1.165) is 31.2 Å². The Kier molecular flexibility index (Phi) is 6.53. The van der Waals surface area contributed by atoms with Crippen LogP contribution < -0.4 is 5.32 Å². The number of rotatable bonds is 8. The van der Waals surface area contributed by atoms with Crippen LogP contribution in [0.4, 0.5) is 0 Å². The predicted octanol–water partition coefficient (Wildman–Crippen LogP) is 2.54. The molecule has 1 amide bonds. The van der Waals surface area contributed by atoms with Gasteiger partial charge in [0.25, 0.3) is 5.91 Å². The fraction of sp³-hybridized carbons (Fsp3) is 0.455. The van der Waals surface area contributed by atoms with Gasteiger partial charge in [-0.15, -0.1) is 0 Å². The lowest BCUT2D eigenvalue weighted by Crippen LogP contribution is -2.36. The maximum Gasteiger partial charge on any atom is 0.273 e. The van der Waals surface area contributed by atoms with Gasteiger partial charge in [0.05, 0.1) is 13.1 Å². The van der Waals surface area contributed by atoms with E-state index in [0.29, 0.717) is 18.8 Å². The third kappa shape index (κ3) is 5.54. The van der Waals surface area contributed by atoms with Crippen molar-refractivity contribution >= 4 is 5.91 Å². The van der Waals surface area contributed by atoms with Crippen LogP contribution in [-0.4, -0.2) is 49.9 Å². The minimum Gasteiger partial charge on any atom is -0.359 e. The quantitative estimate of drug-likeness (QED) is 0.616. The SMILES string of the molecule is CC(Cn1cncn1)NC(=O)c1cc(CN2CCC(Cc3ccccc3)CC2)on1. The molecule has 1 aliphatic heterocycles. The molecule has 1 aliphatic rings. The summed E-state index contributed by atoms with van der Waals surface area (Å²) in [6.07, 6.45) is 6.60. The van der Waals surface area contributed by atoms with Gasteiger partial charge in [0.2, 0.25) is 0 Å². The van der Waals surface area contributed by atoms with Gasteiger partial charge < -0.3 is 9.84 Å². The first-order valence-electron chi connectivity index (χ1n) is 10.5. The Morgan fingerprint density at radius 2 is 2.07 bits per heavy atom. The number of amides is 1. The highest BCUT2D eigenvalue weighted by Gasteiger charge is 2.22. The van der Waals surface area contributed by atoms with E-state index in [1.54, 1.807) is 17.1 Å². The molecule has 0 spiro atoms. The van der Waals surface area contributed by atoms with Crippen molar-refractivity contribution in [1.82, 2.24) is 30.1 Å². The normalized spacial score (nSPS) is 16.4. The molecule has 30 heavy (non-hydrogen) atoms. The van der Waals surface area contributed by atoms with Crippen LogP contribution in [0.3, 0.4) is 0 Å². The van der Waals surface area contributed by atoms with Crippen molar-refractivity contribution in [3.63, 3.8) is 0 Å². The van der Waals surface area contributed by atoms with Crippen molar-refractivity contribution < 1.29 is 9.32 Å². The van der Waals surface area contributed by atoms with E-state index in [1.807, 2.05) is 6.92 Å². The van der Waals surface area contributed by atoms with Gasteiger partial charge in [-0.3, -0.25) is 14.4 Å². The van der Waals surface area contributed by atoms with E-state index in [2.05, 4.69) is 55.8 Å². The highest BCUT2D eigenvalue weighted by atomic mass is 16.5. The van der Waals surface area contributed by atoms with Crippen molar-refractivity contribution in [2.45, 2.75) is 45.3 Å². The number of benzene rings is 1. The van der Waals surface area contributed by atoms with E-state index in [9.17, 15) is 4.79 Å². The van der Waals surface area contributed by atoms with Crippen LogP contribution >= 0.6 is 0 Å². The standard InChI is InChI=1S/C22H28N6O2/c1-17(13-28-16-23-15-24-28)25-22(29)21-12-20(30-26-21)14-27-9-7-19(8-10-27)11-18-5-3-2-4-6-18/h2-6,12,15-17,19H,7-11,13-14H2,1H3,(H,25,29). The molecule has 0 radical (unpaired) electrons. The molecule has 0 bridgehead atoms. The number of piperidine rings is 1. The monoisotopic (exact) mass is 408 g/mol. The predicted molar refractivity (Wildman–Crippen MR) is 112 cm³/mol. The second kappa shape index (κ2) is 9.67. The smallest absolute Gasteiger partial charge is 0.273 e. The first-order chi connectivity index (χ1) is 14.7. The summed E-state index contributed by atoms with van der Waals surface area (Å²) in [6.45, 7) is 5.23. The molecule has 0 saturated carbocycles. The molecule has 8 heteroatoms. The van der Waals surface area contributed by atoms with Gasteiger partial charge in [-0.05, 0) is 50.8 Å². The summed E-state index contributed by atoms with van der Waals surface area (Å²) in [5, 5.41) is 10.9. The lowest BCUT2D eigenvalue weighted by Gasteiger charge is -2.31. The first-order valence-corrected chi connectivity index (χ1v) is 10.5. The third-order valence-electron chi connectivity index (χ3n) is 5.55. The molecule has 4 rings (SSSR count). The Hall–Kier alpha value is -3.00. The van der Waals surface area contributed by atoms with Gasteiger partial charge in [0.15, 0.2) is 11.5 Å². The third-order valence-corrected chi connectivity index (χ3v) is 5.55. The second-order valence-corrected chi connectivity index (χ2v) is 8.08. The van der Waals surface area contributed by atoms with E-state index in [-0.39, 0.29) is 11.9 Å². The maximum atomic E-state index is 12.4. The highest BCUT2D eigenvalue weighted by molar-refractivity contribution is 5.92. The summed E-state index contributed by atoms with van der Waals surface area (Å²) in [5.74, 6) is 1.22. The fourth-order valence-electron chi connectivity index (χ4n) is 3.96. The number of nitrogens with zero attached hydrogens (tertiary/aromatic N) is 5. The number of nitrogens with one attached hydrogen (secondary N) is 1. The summed E-state index contributed by atoms with van der Waals surface area (Å²) in [4.78, 5) is 18.7. The lowest BCUT2D eigenvalue weighted by atomic mass is 9.90. The summed E-state index contributed by atoms with van der Waals surface area (Å²) in [7, 11) is 0. The van der Waals surface area contributed by atoms with Gasteiger partial charge in [0.1, 0.15) is 12.7 Å². The zero-order valence-corrected chi connectivity index (χ0v) is 17.3. The molecule has 158 valence electrons. The number of hydrogen-bond acceptors (Lipinski definition) is 6. The van der Waals surface area contributed by atoms with Crippen LogP contribution in [0.1, 0.15) is 41.6 Å². The van der Waals surface area contributed by atoms with Crippen molar-refractivity contribution in [2.75, 3.05) is 13.1 Å². The van der Waals surface area contributed by atoms with Gasteiger partial charge in [-0.25, -0.2) is 4.98 Å². The van der Waals surface area contributed by atoms with Crippen molar-refractivity contribution in [3.8, 4) is 0 Å². The van der Waals surface area contributed by atoms with E-state index >= 15 is 0 Å². The second-order valence-electron chi connectivity index (χ2n) is 8.08. The Morgan fingerprint density at radius 3 is 2.80 bits per heavy atom. The minimum absolute atomic E-state index is 0.0945. The fourth-order valence-corrected chi connectivity index (χ4v) is 3.96. The summed E-state index contributed by atoms with van der Waals surface area (Å²) in [5.41, 5.74) is 1.73. The zero-order chi connectivity index (χ0) is 20.8. The molecule has 1 saturated heterocycles. The molecular formula is C22H28N6O2. The van der Waals surface area contributed by atoms with Gasteiger partial charge in [-0.1, -0.05) is 35.5 Å². The van der Waals surface area contributed by atoms with Crippen LogP contribution in [0.2, 0.25) is 0 Å². The number of aromatic nitrogens is 4. The molecule has 0 aliphatic carbocycles. The molecule has 1 aromatic carbocycles.